The molecule has 0 saturated carbocycles. The molecule has 1 aliphatic rings. The quantitative estimate of drug-likeness (QED) is 0.242. The monoisotopic (exact) mass is 506 g/mol. The summed E-state index contributed by atoms with van der Waals surface area (Å²) < 4.78 is 26.4. The third-order valence-corrected chi connectivity index (χ3v) is 14.6. The zero-order valence-corrected chi connectivity index (χ0v) is 25.0. The maximum absolute atomic E-state index is 7.22. The standard InChI is InChI=1S/C30H43BO4Si/c1-19(2)36(20(3)4,21(5)6)33-25-17-13-15-23-18-22-14-12-16-24(26(22)28(32-11)27(23)25)31-34-29(7,8)30(9,10)35-31/h12-21H,1-11H3. The first-order valence-electron chi connectivity index (χ1n) is 13.3. The van der Waals surface area contributed by atoms with Crippen LogP contribution in [0.2, 0.25) is 16.6 Å². The second-order valence-electron chi connectivity index (χ2n) is 12.2. The fourth-order valence-corrected chi connectivity index (χ4v) is 11.4. The van der Waals surface area contributed by atoms with E-state index in [-0.39, 0.29) is 0 Å². The van der Waals surface area contributed by atoms with Crippen LogP contribution in [0.3, 0.4) is 0 Å². The molecule has 36 heavy (non-hydrogen) atoms. The summed E-state index contributed by atoms with van der Waals surface area (Å²) in [5.41, 5.74) is 1.56. The Morgan fingerprint density at radius 1 is 0.750 bits per heavy atom. The molecule has 0 unspecified atom stereocenters. The van der Waals surface area contributed by atoms with E-state index in [1.165, 1.54) is 0 Å². The summed E-state index contributed by atoms with van der Waals surface area (Å²) in [6.45, 7) is 22.3. The van der Waals surface area contributed by atoms with Crippen LogP contribution in [0.5, 0.6) is 11.5 Å². The summed E-state index contributed by atoms with van der Waals surface area (Å²) in [6, 6.07) is 14.9. The predicted molar refractivity (Wildman–Crippen MR) is 155 cm³/mol. The van der Waals surface area contributed by atoms with Crippen molar-refractivity contribution in [2.75, 3.05) is 7.11 Å². The number of hydrogen-bond donors (Lipinski definition) is 0. The van der Waals surface area contributed by atoms with Crippen molar-refractivity contribution in [2.24, 2.45) is 0 Å². The van der Waals surface area contributed by atoms with E-state index in [4.69, 9.17) is 18.5 Å². The molecule has 3 aromatic rings. The second-order valence-corrected chi connectivity index (χ2v) is 17.6. The number of hydrogen-bond acceptors (Lipinski definition) is 4. The van der Waals surface area contributed by atoms with E-state index in [0.717, 1.165) is 38.5 Å². The zero-order valence-electron chi connectivity index (χ0n) is 24.0. The molecule has 1 saturated heterocycles. The molecule has 4 rings (SSSR count). The molecule has 0 aliphatic carbocycles. The van der Waals surface area contributed by atoms with Crippen molar-refractivity contribution in [3.63, 3.8) is 0 Å². The van der Waals surface area contributed by atoms with Gasteiger partial charge >= 0.3 is 7.12 Å². The molecule has 1 fully saturated rings. The summed E-state index contributed by atoms with van der Waals surface area (Å²) in [5.74, 6) is 1.74. The van der Waals surface area contributed by atoms with Crippen LogP contribution >= 0.6 is 0 Å². The highest BCUT2D eigenvalue weighted by molar-refractivity contribution is 6.78. The SMILES string of the molecule is COc1c2c(O[Si](C(C)C)(C(C)C)C(C)C)cccc2cc2cccc(B3OC(C)(C)C(C)(C)O3)c12. The fourth-order valence-electron chi connectivity index (χ4n) is 6.17. The van der Waals surface area contributed by atoms with Crippen molar-refractivity contribution < 1.29 is 18.5 Å². The summed E-state index contributed by atoms with van der Waals surface area (Å²) in [6.07, 6.45) is 0. The van der Waals surface area contributed by atoms with Gasteiger partial charge in [0.15, 0.2) is 0 Å². The average Bonchev–Trinajstić information content (AvgIpc) is 3.01. The van der Waals surface area contributed by atoms with Crippen LogP contribution in [0.25, 0.3) is 21.5 Å². The largest absolute Gasteiger partial charge is 0.542 e. The molecule has 0 amide bonds. The van der Waals surface area contributed by atoms with Gasteiger partial charge in [-0.3, -0.25) is 0 Å². The van der Waals surface area contributed by atoms with Gasteiger partial charge in [-0.25, -0.2) is 0 Å². The lowest BCUT2D eigenvalue weighted by molar-refractivity contribution is 0.00578. The van der Waals surface area contributed by atoms with Crippen LogP contribution in [0.1, 0.15) is 69.2 Å². The highest BCUT2D eigenvalue weighted by Crippen LogP contribution is 2.47. The van der Waals surface area contributed by atoms with Crippen molar-refractivity contribution in [1.29, 1.82) is 0 Å². The van der Waals surface area contributed by atoms with E-state index in [0.29, 0.717) is 16.6 Å². The Morgan fingerprint density at radius 3 is 1.75 bits per heavy atom. The number of fused-ring (bicyclic) bond motifs is 2. The van der Waals surface area contributed by atoms with Crippen LogP contribution in [-0.2, 0) is 9.31 Å². The van der Waals surface area contributed by atoms with Gasteiger partial charge in [-0.2, -0.15) is 0 Å². The Bertz CT molecular complexity index is 1230. The summed E-state index contributed by atoms with van der Waals surface area (Å²) in [4.78, 5) is 0. The van der Waals surface area contributed by atoms with Gasteiger partial charge in [-0.1, -0.05) is 71.9 Å². The second kappa shape index (κ2) is 9.38. The summed E-state index contributed by atoms with van der Waals surface area (Å²) in [7, 11) is -0.895. The lowest BCUT2D eigenvalue weighted by atomic mass is 9.75. The van der Waals surface area contributed by atoms with E-state index < -0.39 is 26.6 Å². The Kier molecular flexibility index (Phi) is 7.04. The molecular formula is C30H43BO4Si. The Labute approximate surface area is 218 Å². The fraction of sp³-hybridized carbons (Fsp3) is 0.533. The molecule has 1 heterocycles. The molecule has 6 heteroatoms. The maximum atomic E-state index is 7.22. The Balaban J connectivity index is 1.99. The lowest BCUT2D eigenvalue weighted by Gasteiger charge is -2.42. The lowest BCUT2D eigenvalue weighted by Crippen LogP contribution is -2.50. The number of methoxy groups -OCH3 is 1. The molecule has 194 valence electrons. The van der Waals surface area contributed by atoms with E-state index >= 15 is 0 Å². The Hall–Kier alpha value is -2.02. The van der Waals surface area contributed by atoms with Crippen LogP contribution in [0.15, 0.2) is 42.5 Å². The van der Waals surface area contributed by atoms with Crippen molar-refractivity contribution >= 4 is 42.4 Å². The highest BCUT2D eigenvalue weighted by atomic mass is 28.4. The molecule has 0 radical (unpaired) electrons. The first kappa shape index (κ1) is 27.0. The topological polar surface area (TPSA) is 36.9 Å². The van der Waals surface area contributed by atoms with Gasteiger partial charge < -0.3 is 18.5 Å². The molecular weight excluding hydrogens is 463 g/mol. The van der Waals surface area contributed by atoms with E-state index in [2.05, 4.69) is 112 Å². The van der Waals surface area contributed by atoms with Crippen molar-refractivity contribution in [2.45, 2.75) is 97.1 Å². The van der Waals surface area contributed by atoms with Gasteiger partial charge in [0.1, 0.15) is 11.5 Å². The highest BCUT2D eigenvalue weighted by Gasteiger charge is 2.52. The molecule has 0 atom stereocenters. The van der Waals surface area contributed by atoms with Crippen LogP contribution in [-0.4, -0.2) is 33.7 Å². The first-order valence-corrected chi connectivity index (χ1v) is 15.5. The minimum absolute atomic E-state index is 0.421. The summed E-state index contributed by atoms with van der Waals surface area (Å²) in [5, 5.41) is 4.26. The Morgan fingerprint density at radius 2 is 1.25 bits per heavy atom. The van der Waals surface area contributed by atoms with E-state index in [1.807, 2.05) is 0 Å². The van der Waals surface area contributed by atoms with Gasteiger partial charge in [-0.15, -0.1) is 0 Å². The molecule has 0 bridgehead atoms. The van der Waals surface area contributed by atoms with Crippen molar-refractivity contribution in [1.82, 2.24) is 0 Å². The van der Waals surface area contributed by atoms with Gasteiger partial charge in [0.25, 0.3) is 8.32 Å². The van der Waals surface area contributed by atoms with Crippen LogP contribution in [0.4, 0.5) is 0 Å². The van der Waals surface area contributed by atoms with Gasteiger partial charge in [0.05, 0.1) is 23.7 Å². The molecule has 1 aliphatic heterocycles. The number of rotatable bonds is 7. The third-order valence-electron chi connectivity index (χ3n) is 8.66. The van der Waals surface area contributed by atoms with Gasteiger partial charge in [0, 0.05) is 5.39 Å². The summed E-state index contributed by atoms with van der Waals surface area (Å²) >= 11 is 0. The molecule has 0 spiro atoms. The smallest absolute Gasteiger partial charge is 0.495 e. The van der Waals surface area contributed by atoms with Gasteiger partial charge in [0.2, 0.25) is 0 Å². The molecule has 4 nitrogen and oxygen atoms in total. The van der Waals surface area contributed by atoms with E-state index in [9.17, 15) is 0 Å². The number of benzene rings is 3. The third kappa shape index (κ3) is 4.15. The average molecular weight is 507 g/mol. The maximum Gasteiger partial charge on any atom is 0.495 e. The molecule has 3 aromatic carbocycles. The molecule has 0 aromatic heterocycles. The van der Waals surface area contributed by atoms with Crippen molar-refractivity contribution in [3.05, 3.63) is 42.5 Å². The van der Waals surface area contributed by atoms with Crippen molar-refractivity contribution in [3.8, 4) is 11.5 Å². The van der Waals surface area contributed by atoms with Gasteiger partial charge in [-0.05, 0) is 72.7 Å². The molecule has 0 N–H and O–H groups in total. The van der Waals surface area contributed by atoms with E-state index in [1.54, 1.807) is 7.11 Å². The zero-order chi connectivity index (χ0) is 26.6. The predicted octanol–water partition coefficient (Wildman–Crippen LogP) is 7.86. The normalized spacial score (nSPS) is 17.7. The first-order chi connectivity index (χ1) is 16.8. The number of ether oxygens (including phenoxy) is 1. The minimum Gasteiger partial charge on any atom is -0.542 e. The van der Waals surface area contributed by atoms with Crippen LogP contribution in [0, 0.1) is 0 Å². The minimum atomic E-state index is -2.17. The van der Waals surface area contributed by atoms with Crippen LogP contribution < -0.4 is 14.6 Å².